The third kappa shape index (κ3) is 3.69. The minimum absolute atomic E-state index is 0.218. The maximum absolute atomic E-state index is 12.8. The summed E-state index contributed by atoms with van der Waals surface area (Å²) in [6, 6.07) is 13.3. The van der Waals surface area contributed by atoms with Gasteiger partial charge in [-0.2, -0.15) is 0 Å². The van der Waals surface area contributed by atoms with E-state index in [-0.39, 0.29) is 5.91 Å². The molecule has 6 heteroatoms. The summed E-state index contributed by atoms with van der Waals surface area (Å²) in [6.07, 6.45) is 0. The molecule has 3 aromatic rings. The van der Waals surface area contributed by atoms with E-state index in [4.69, 9.17) is 21.1 Å². The van der Waals surface area contributed by atoms with Gasteiger partial charge in [-0.3, -0.25) is 4.79 Å². The van der Waals surface area contributed by atoms with E-state index in [0.29, 0.717) is 27.1 Å². The van der Waals surface area contributed by atoms with Crippen LogP contribution in [0.2, 0.25) is 5.02 Å². The van der Waals surface area contributed by atoms with Crippen LogP contribution in [0.1, 0.15) is 15.2 Å². The van der Waals surface area contributed by atoms with Crippen LogP contribution >= 0.6 is 22.9 Å². The fourth-order valence-electron chi connectivity index (χ4n) is 2.57. The van der Waals surface area contributed by atoms with Crippen LogP contribution in [-0.2, 0) is 0 Å². The zero-order valence-corrected chi connectivity index (χ0v) is 16.2. The smallest absolute Gasteiger partial charge is 0.266 e. The van der Waals surface area contributed by atoms with Crippen LogP contribution in [0.4, 0.5) is 5.69 Å². The van der Waals surface area contributed by atoms with Crippen molar-refractivity contribution in [3.63, 3.8) is 0 Å². The summed E-state index contributed by atoms with van der Waals surface area (Å²) >= 11 is 7.66. The predicted molar refractivity (Wildman–Crippen MR) is 107 cm³/mol. The Labute approximate surface area is 161 Å². The van der Waals surface area contributed by atoms with Crippen molar-refractivity contribution in [2.45, 2.75) is 6.92 Å². The number of hydrogen-bond acceptors (Lipinski definition) is 4. The third-order valence-corrected chi connectivity index (χ3v) is 5.18. The van der Waals surface area contributed by atoms with Gasteiger partial charge in [0.15, 0.2) is 11.5 Å². The molecule has 2 aromatic carbocycles. The molecule has 1 heterocycles. The molecule has 0 unspecified atom stereocenters. The van der Waals surface area contributed by atoms with Gasteiger partial charge < -0.3 is 14.8 Å². The van der Waals surface area contributed by atoms with Crippen molar-refractivity contribution in [2.75, 3.05) is 19.5 Å². The van der Waals surface area contributed by atoms with Crippen molar-refractivity contribution < 1.29 is 14.3 Å². The van der Waals surface area contributed by atoms with Crippen molar-refractivity contribution in [1.82, 2.24) is 0 Å². The van der Waals surface area contributed by atoms with Crippen LogP contribution in [-0.4, -0.2) is 20.1 Å². The average Bonchev–Trinajstić information content (AvgIpc) is 3.13. The molecule has 0 saturated heterocycles. The van der Waals surface area contributed by atoms with Crippen LogP contribution in [0, 0.1) is 6.92 Å². The van der Waals surface area contributed by atoms with Gasteiger partial charge in [0, 0.05) is 17.7 Å². The molecule has 1 aromatic heterocycles. The second kappa shape index (κ2) is 7.81. The molecule has 0 fully saturated rings. The zero-order valence-electron chi connectivity index (χ0n) is 14.6. The van der Waals surface area contributed by atoms with Gasteiger partial charge in [0.05, 0.1) is 29.8 Å². The number of methoxy groups -OCH3 is 2. The molecule has 0 aliphatic carbocycles. The van der Waals surface area contributed by atoms with E-state index in [0.717, 1.165) is 11.1 Å². The monoisotopic (exact) mass is 387 g/mol. The van der Waals surface area contributed by atoms with Crippen LogP contribution in [0.3, 0.4) is 0 Å². The number of benzene rings is 2. The summed E-state index contributed by atoms with van der Waals surface area (Å²) in [7, 11) is 3.07. The van der Waals surface area contributed by atoms with E-state index in [1.165, 1.54) is 31.1 Å². The van der Waals surface area contributed by atoms with Crippen LogP contribution < -0.4 is 14.8 Å². The Morgan fingerprint density at radius 2 is 1.69 bits per heavy atom. The zero-order chi connectivity index (χ0) is 18.7. The number of nitrogens with one attached hydrogen (secondary N) is 1. The van der Waals surface area contributed by atoms with Crippen LogP contribution in [0.15, 0.2) is 47.8 Å². The lowest BCUT2D eigenvalue weighted by molar-refractivity contribution is 0.103. The molecule has 0 spiro atoms. The standard InChI is InChI=1S/C20H18ClNO3S/c1-12-4-6-13(7-5-12)14-8-9-26-19(14)20(23)22-16-11-18(25-3)17(24-2)10-15(16)21/h4-11H,1-3H3,(H,22,23). The number of amides is 1. The van der Waals surface area contributed by atoms with Gasteiger partial charge in [0.1, 0.15) is 0 Å². The molecular formula is C20H18ClNO3S. The number of anilines is 1. The minimum Gasteiger partial charge on any atom is -0.493 e. The van der Waals surface area contributed by atoms with Gasteiger partial charge in [0.25, 0.3) is 5.91 Å². The quantitative estimate of drug-likeness (QED) is 0.615. The van der Waals surface area contributed by atoms with Gasteiger partial charge in [-0.25, -0.2) is 0 Å². The lowest BCUT2D eigenvalue weighted by Gasteiger charge is -2.13. The van der Waals surface area contributed by atoms with Gasteiger partial charge >= 0.3 is 0 Å². The number of aryl methyl sites for hydroxylation is 1. The number of thiophene rings is 1. The van der Waals surface area contributed by atoms with E-state index >= 15 is 0 Å². The van der Waals surface area contributed by atoms with Crippen molar-refractivity contribution in [3.8, 4) is 22.6 Å². The van der Waals surface area contributed by atoms with Gasteiger partial charge in [-0.15, -0.1) is 11.3 Å². The Morgan fingerprint density at radius 3 is 2.35 bits per heavy atom. The molecular weight excluding hydrogens is 370 g/mol. The van der Waals surface area contributed by atoms with E-state index in [2.05, 4.69) is 5.32 Å². The average molecular weight is 388 g/mol. The van der Waals surface area contributed by atoms with Crippen molar-refractivity contribution >= 4 is 34.5 Å². The SMILES string of the molecule is COc1cc(Cl)c(NC(=O)c2sccc2-c2ccc(C)cc2)cc1OC. The van der Waals surface area contributed by atoms with Crippen molar-refractivity contribution in [1.29, 1.82) is 0 Å². The van der Waals surface area contributed by atoms with Gasteiger partial charge in [-0.1, -0.05) is 41.4 Å². The Balaban J connectivity index is 1.90. The highest BCUT2D eigenvalue weighted by Gasteiger charge is 2.17. The number of rotatable bonds is 5. The molecule has 134 valence electrons. The predicted octanol–water partition coefficient (Wildman–Crippen LogP) is 5.65. The molecule has 1 N–H and O–H groups in total. The topological polar surface area (TPSA) is 47.6 Å². The molecule has 0 aliphatic heterocycles. The summed E-state index contributed by atoms with van der Waals surface area (Å²) in [5, 5.41) is 5.15. The third-order valence-electron chi connectivity index (χ3n) is 3.96. The normalized spacial score (nSPS) is 10.5. The van der Waals surface area contributed by atoms with E-state index in [1.54, 1.807) is 12.1 Å². The number of ether oxygens (including phenoxy) is 2. The van der Waals surface area contributed by atoms with E-state index in [9.17, 15) is 4.79 Å². The summed E-state index contributed by atoms with van der Waals surface area (Å²) in [5.41, 5.74) is 3.54. The maximum Gasteiger partial charge on any atom is 0.266 e. The molecule has 4 nitrogen and oxygen atoms in total. The molecule has 0 saturated carbocycles. The highest BCUT2D eigenvalue weighted by atomic mass is 35.5. The first-order valence-electron chi connectivity index (χ1n) is 7.91. The fourth-order valence-corrected chi connectivity index (χ4v) is 3.59. The van der Waals surface area contributed by atoms with E-state index < -0.39 is 0 Å². The lowest BCUT2D eigenvalue weighted by atomic mass is 10.0. The lowest BCUT2D eigenvalue weighted by Crippen LogP contribution is -2.12. The number of hydrogen-bond donors (Lipinski definition) is 1. The summed E-state index contributed by atoms with van der Waals surface area (Å²) < 4.78 is 10.5. The first kappa shape index (κ1) is 18.3. The summed E-state index contributed by atoms with van der Waals surface area (Å²) in [5.74, 6) is 0.786. The second-order valence-electron chi connectivity index (χ2n) is 5.67. The molecule has 0 atom stereocenters. The fraction of sp³-hybridized carbons (Fsp3) is 0.150. The first-order chi connectivity index (χ1) is 12.5. The maximum atomic E-state index is 12.8. The van der Waals surface area contributed by atoms with E-state index in [1.807, 2.05) is 42.6 Å². The highest BCUT2D eigenvalue weighted by Crippen LogP contribution is 2.37. The number of carbonyl (C=O) groups excluding carboxylic acids is 1. The minimum atomic E-state index is -0.218. The largest absolute Gasteiger partial charge is 0.493 e. The molecule has 1 amide bonds. The Kier molecular flexibility index (Phi) is 5.49. The number of carbonyl (C=O) groups is 1. The summed E-state index contributed by atoms with van der Waals surface area (Å²) in [4.78, 5) is 13.4. The summed E-state index contributed by atoms with van der Waals surface area (Å²) in [6.45, 7) is 2.03. The van der Waals surface area contributed by atoms with Crippen molar-refractivity contribution in [2.24, 2.45) is 0 Å². The molecule has 26 heavy (non-hydrogen) atoms. The molecule has 3 rings (SSSR count). The first-order valence-corrected chi connectivity index (χ1v) is 9.16. The second-order valence-corrected chi connectivity index (χ2v) is 6.99. The van der Waals surface area contributed by atoms with Gasteiger partial charge in [0.2, 0.25) is 0 Å². The number of halogens is 1. The van der Waals surface area contributed by atoms with Gasteiger partial charge in [-0.05, 0) is 23.9 Å². The van der Waals surface area contributed by atoms with Crippen molar-refractivity contribution in [3.05, 3.63) is 63.3 Å². The van der Waals surface area contributed by atoms with Crippen LogP contribution in [0.25, 0.3) is 11.1 Å². The Hall–Kier alpha value is -2.50. The molecule has 0 aliphatic rings. The molecule has 0 bridgehead atoms. The Morgan fingerprint density at radius 1 is 1.04 bits per heavy atom. The Bertz CT molecular complexity index is 935. The van der Waals surface area contributed by atoms with Crippen LogP contribution in [0.5, 0.6) is 11.5 Å². The highest BCUT2D eigenvalue weighted by molar-refractivity contribution is 7.12. The molecule has 0 radical (unpaired) electrons.